The highest BCUT2D eigenvalue weighted by molar-refractivity contribution is 6.03. The monoisotopic (exact) mass is 273 g/mol. The summed E-state index contributed by atoms with van der Waals surface area (Å²) in [5, 5.41) is 11.8. The normalized spacial score (nSPS) is 10.3. The SMILES string of the molecule is Cc1cc(NC(=O)c2cn(C)cn2)cc(C(=O)O)c1C. The van der Waals surface area contributed by atoms with Gasteiger partial charge in [0.25, 0.3) is 5.91 Å². The van der Waals surface area contributed by atoms with E-state index in [0.717, 1.165) is 5.56 Å². The predicted molar refractivity (Wildman–Crippen MR) is 74.0 cm³/mol. The third kappa shape index (κ3) is 2.69. The lowest BCUT2D eigenvalue weighted by Crippen LogP contribution is -2.13. The quantitative estimate of drug-likeness (QED) is 0.895. The van der Waals surface area contributed by atoms with Gasteiger partial charge >= 0.3 is 5.97 Å². The zero-order valence-electron chi connectivity index (χ0n) is 11.5. The molecule has 0 spiro atoms. The lowest BCUT2D eigenvalue weighted by Gasteiger charge is -2.10. The van der Waals surface area contributed by atoms with E-state index in [2.05, 4.69) is 10.3 Å². The molecule has 6 nitrogen and oxygen atoms in total. The molecule has 1 amide bonds. The van der Waals surface area contributed by atoms with Crippen LogP contribution in [0.2, 0.25) is 0 Å². The second-order valence-corrected chi connectivity index (χ2v) is 4.65. The molecular weight excluding hydrogens is 258 g/mol. The Morgan fingerprint density at radius 3 is 2.55 bits per heavy atom. The third-order valence-electron chi connectivity index (χ3n) is 3.09. The molecule has 0 saturated carbocycles. The molecule has 0 bridgehead atoms. The van der Waals surface area contributed by atoms with Crippen LogP contribution in [0.4, 0.5) is 5.69 Å². The number of carbonyl (C=O) groups excluding carboxylic acids is 1. The summed E-state index contributed by atoms with van der Waals surface area (Å²) in [6.07, 6.45) is 3.12. The van der Waals surface area contributed by atoms with E-state index in [-0.39, 0.29) is 17.2 Å². The summed E-state index contributed by atoms with van der Waals surface area (Å²) in [6.45, 7) is 3.54. The highest BCUT2D eigenvalue weighted by Gasteiger charge is 2.14. The predicted octanol–water partition coefficient (Wildman–Crippen LogP) is 1.99. The minimum atomic E-state index is -1.01. The topological polar surface area (TPSA) is 84.2 Å². The van der Waals surface area contributed by atoms with Crippen molar-refractivity contribution >= 4 is 17.6 Å². The van der Waals surface area contributed by atoms with Gasteiger partial charge in [0, 0.05) is 18.9 Å². The minimum Gasteiger partial charge on any atom is -0.478 e. The fourth-order valence-corrected chi connectivity index (χ4v) is 1.88. The average molecular weight is 273 g/mol. The van der Waals surface area contributed by atoms with E-state index < -0.39 is 5.97 Å². The maximum atomic E-state index is 12.0. The molecule has 0 aliphatic rings. The molecule has 2 aromatic rings. The molecule has 0 fully saturated rings. The Morgan fingerprint density at radius 1 is 1.30 bits per heavy atom. The Kier molecular flexibility index (Phi) is 3.56. The van der Waals surface area contributed by atoms with Crippen LogP contribution >= 0.6 is 0 Å². The Morgan fingerprint density at radius 2 is 2.00 bits per heavy atom. The van der Waals surface area contributed by atoms with Crippen LogP contribution in [-0.4, -0.2) is 26.5 Å². The summed E-state index contributed by atoms with van der Waals surface area (Å²) in [5.74, 6) is -1.38. The van der Waals surface area contributed by atoms with E-state index in [4.69, 9.17) is 5.11 Å². The second kappa shape index (κ2) is 5.16. The number of amides is 1. The maximum Gasteiger partial charge on any atom is 0.336 e. The Labute approximate surface area is 116 Å². The molecule has 0 saturated heterocycles. The number of nitrogens with one attached hydrogen (secondary N) is 1. The van der Waals surface area contributed by atoms with E-state index >= 15 is 0 Å². The first kappa shape index (κ1) is 13.8. The van der Waals surface area contributed by atoms with E-state index in [1.54, 1.807) is 37.7 Å². The van der Waals surface area contributed by atoms with Gasteiger partial charge in [-0.2, -0.15) is 0 Å². The molecular formula is C14H15N3O3. The molecule has 0 aliphatic heterocycles. The van der Waals surface area contributed by atoms with E-state index in [1.165, 1.54) is 12.4 Å². The van der Waals surface area contributed by atoms with Gasteiger partial charge in [0.15, 0.2) is 0 Å². The fraction of sp³-hybridized carbons (Fsp3) is 0.214. The number of aryl methyl sites for hydroxylation is 2. The van der Waals surface area contributed by atoms with Crippen LogP contribution in [0.5, 0.6) is 0 Å². The summed E-state index contributed by atoms with van der Waals surface area (Å²) in [6, 6.07) is 3.19. The van der Waals surface area contributed by atoms with Crippen LogP contribution in [0.25, 0.3) is 0 Å². The first-order chi connectivity index (χ1) is 9.38. The Balaban J connectivity index is 2.30. The number of nitrogens with zero attached hydrogens (tertiary/aromatic N) is 2. The number of imidazole rings is 1. The molecule has 0 atom stereocenters. The zero-order chi connectivity index (χ0) is 14.9. The van der Waals surface area contributed by atoms with Crippen LogP contribution in [0.3, 0.4) is 0 Å². The van der Waals surface area contributed by atoms with Gasteiger partial charge < -0.3 is 15.0 Å². The number of carbonyl (C=O) groups is 2. The largest absolute Gasteiger partial charge is 0.478 e. The first-order valence-electron chi connectivity index (χ1n) is 6.02. The van der Waals surface area contributed by atoms with Crippen molar-refractivity contribution in [2.45, 2.75) is 13.8 Å². The van der Waals surface area contributed by atoms with Gasteiger partial charge in [-0.1, -0.05) is 0 Å². The van der Waals surface area contributed by atoms with Crippen molar-refractivity contribution in [3.05, 3.63) is 47.0 Å². The average Bonchev–Trinajstić information content (AvgIpc) is 2.80. The molecule has 2 rings (SSSR count). The first-order valence-corrected chi connectivity index (χ1v) is 6.02. The van der Waals surface area contributed by atoms with Crippen molar-refractivity contribution in [3.63, 3.8) is 0 Å². The highest BCUT2D eigenvalue weighted by atomic mass is 16.4. The molecule has 2 N–H and O–H groups in total. The highest BCUT2D eigenvalue weighted by Crippen LogP contribution is 2.20. The molecule has 0 radical (unpaired) electrons. The van der Waals surface area contributed by atoms with Gasteiger partial charge in [-0.25, -0.2) is 9.78 Å². The van der Waals surface area contributed by atoms with Gasteiger partial charge in [0.1, 0.15) is 5.69 Å². The Bertz CT molecular complexity index is 689. The maximum absolute atomic E-state index is 12.0. The lowest BCUT2D eigenvalue weighted by molar-refractivity contribution is 0.0695. The van der Waals surface area contributed by atoms with Crippen LogP contribution in [0, 0.1) is 13.8 Å². The molecule has 104 valence electrons. The number of aromatic nitrogens is 2. The Hall–Kier alpha value is -2.63. The minimum absolute atomic E-state index is 0.182. The van der Waals surface area contributed by atoms with Gasteiger partial charge in [-0.15, -0.1) is 0 Å². The van der Waals surface area contributed by atoms with Gasteiger partial charge in [-0.3, -0.25) is 4.79 Å². The summed E-state index contributed by atoms with van der Waals surface area (Å²) < 4.78 is 1.66. The van der Waals surface area contributed by atoms with Gasteiger partial charge in [-0.05, 0) is 37.1 Å². The van der Waals surface area contributed by atoms with Crippen molar-refractivity contribution in [1.82, 2.24) is 9.55 Å². The number of anilines is 1. The van der Waals surface area contributed by atoms with Gasteiger partial charge in [0.2, 0.25) is 0 Å². The number of hydrogen-bond acceptors (Lipinski definition) is 3. The number of benzene rings is 1. The molecule has 20 heavy (non-hydrogen) atoms. The van der Waals surface area contributed by atoms with E-state index in [0.29, 0.717) is 11.3 Å². The van der Waals surface area contributed by atoms with Crippen molar-refractivity contribution in [2.24, 2.45) is 7.05 Å². The van der Waals surface area contributed by atoms with E-state index in [9.17, 15) is 9.59 Å². The standard InChI is InChI=1S/C14H15N3O3/c1-8-4-10(5-11(9(8)2)14(19)20)16-13(18)12-6-17(3)7-15-12/h4-7H,1-3H3,(H,16,18)(H,19,20). The van der Waals surface area contributed by atoms with Crippen LogP contribution in [0.1, 0.15) is 32.0 Å². The number of rotatable bonds is 3. The molecule has 6 heteroatoms. The number of aromatic carboxylic acids is 1. The molecule has 1 heterocycles. The fourth-order valence-electron chi connectivity index (χ4n) is 1.88. The third-order valence-corrected chi connectivity index (χ3v) is 3.09. The summed E-state index contributed by atoms with van der Waals surface area (Å²) in [5.41, 5.74) is 2.40. The summed E-state index contributed by atoms with van der Waals surface area (Å²) in [4.78, 5) is 27.1. The smallest absolute Gasteiger partial charge is 0.336 e. The summed E-state index contributed by atoms with van der Waals surface area (Å²) in [7, 11) is 1.77. The van der Waals surface area contributed by atoms with Crippen LogP contribution in [0.15, 0.2) is 24.7 Å². The van der Waals surface area contributed by atoms with Crippen LogP contribution in [-0.2, 0) is 7.05 Å². The van der Waals surface area contributed by atoms with E-state index in [1.807, 2.05) is 0 Å². The number of hydrogen-bond donors (Lipinski definition) is 2. The van der Waals surface area contributed by atoms with Gasteiger partial charge in [0.05, 0.1) is 11.9 Å². The van der Waals surface area contributed by atoms with Crippen molar-refractivity contribution in [1.29, 1.82) is 0 Å². The van der Waals surface area contributed by atoms with Crippen molar-refractivity contribution < 1.29 is 14.7 Å². The molecule has 1 aromatic heterocycles. The molecule has 0 unspecified atom stereocenters. The van der Waals surface area contributed by atoms with Crippen molar-refractivity contribution in [3.8, 4) is 0 Å². The molecule has 0 aliphatic carbocycles. The second-order valence-electron chi connectivity index (χ2n) is 4.65. The van der Waals surface area contributed by atoms with Crippen LogP contribution < -0.4 is 5.32 Å². The number of carboxylic acids is 1. The molecule has 1 aromatic carbocycles. The zero-order valence-corrected chi connectivity index (χ0v) is 11.5. The number of carboxylic acid groups (broad SMARTS) is 1. The van der Waals surface area contributed by atoms with Crippen molar-refractivity contribution in [2.75, 3.05) is 5.32 Å². The summed E-state index contributed by atoms with van der Waals surface area (Å²) >= 11 is 0. The lowest BCUT2D eigenvalue weighted by atomic mass is 10.0.